The Morgan fingerprint density at radius 1 is 1.22 bits per heavy atom. The summed E-state index contributed by atoms with van der Waals surface area (Å²) < 4.78 is 1.74. The summed E-state index contributed by atoms with van der Waals surface area (Å²) in [6, 6.07) is 10.1. The van der Waals surface area contributed by atoms with Crippen LogP contribution in [0.5, 0.6) is 0 Å². The summed E-state index contributed by atoms with van der Waals surface area (Å²) in [6.07, 6.45) is 6.33. The topological polar surface area (TPSA) is 78.0 Å². The van der Waals surface area contributed by atoms with Gasteiger partial charge in [0.25, 0.3) is 0 Å². The molecule has 1 atom stereocenters. The van der Waals surface area contributed by atoms with E-state index in [1.807, 2.05) is 30.5 Å². The second-order valence-electron chi connectivity index (χ2n) is 6.09. The summed E-state index contributed by atoms with van der Waals surface area (Å²) >= 11 is 0. The van der Waals surface area contributed by atoms with E-state index in [1.54, 1.807) is 17.1 Å². The van der Waals surface area contributed by atoms with E-state index in [0.29, 0.717) is 13.1 Å². The molecule has 1 unspecified atom stereocenters. The lowest BCUT2D eigenvalue weighted by Crippen LogP contribution is -2.45. The number of hydrogen-bond acceptors (Lipinski definition) is 5. The Morgan fingerprint density at radius 3 is 2.65 bits per heavy atom. The van der Waals surface area contributed by atoms with E-state index in [1.165, 1.54) is 0 Å². The molecule has 1 fully saturated rings. The van der Waals surface area contributed by atoms with Crippen molar-refractivity contribution in [2.75, 3.05) is 19.6 Å². The number of β-amino-alcohol motifs (C(OH)–C–C–N with tert-alkyl or cyclic N) is 1. The van der Waals surface area contributed by atoms with E-state index >= 15 is 0 Å². The van der Waals surface area contributed by atoms with Crippen LogP contribution in [0.15, 0.2) is 42.9 Å². The highest BCUT2D eigenvalue weighted by atomic mass is 16.3. The first-order chi connectivity index (χ1) is 11.2. The molecule has 0 saturated carbocycles. The molecule has 1 aliphatic heterocycles. The van der Waals surface area contributed by atoms with Crippen LogP contribution in [0.4, 0.5) is 0 Å². The van der Waals surface area contributed by atoms with Crippen molar-refractivity contribution in [1.29, 1.82) is 5.26 Å². The fourth-order valence-electron chi connectivity index (χ4n) is 3.17. The van der Waals surface area contributed by atoms with Gasteiger partial charge in [0.05, 0.1) is 24.4 Å². The molecule has 1 saturated heterocycles. The zero-order valence-corrected chi connectivity index (χ0v) is 13.0. The van der Waals surface area contributed by atoms with Crippen LogP contribution >= 0.6 is 0 Å². The van der Waals surface area contributed by atoms with Crippen LogP contribution in [0, 0.1) is 11.3 Å². The number of aliphatic hydroxyl groups excluding tert-OH is 1. The third-order valence-corrected chi connectivity index (χ3v) is 4.50. The SMILES string of the molecule is N#CC1(c2ccccn2)CCN(CC(O)Cn2cccn2)CC1. The van der Waals surface area contributed by atoms with Gasteiger partial charge in [0, 0.05) is 38.2 Å². The van der Waals surface area contributed by atoms with Crippen molar-refractivity contribution in [3.63, 3.8) is 0 Å². The number of aromatic nitrogens is 3. The van der Waals surface area contributed by atoms with E-state index in [9.17, 15) is 10.4 Å². The Kier molecular flexibility index (Phi) is 4.70. The molecule has 0 radical (unpaired) electrons. The Bertz CT molecular complexity index is 641. The predicted molar refractivity (Wildman–Crippen MR) is 85.4 cm³/mol. The molecule has 3 rings (SSSR count). The Balaban J connectivity index is 1.56. The molecule has 1 N–H and O–H groups in total. The van der Waals surface area contributed by atoms with Gasteiger partial charge in [-0.1, -0.05) is 6.07 Å². The maximum atomic E-state index is 10.2. The van der Waals surface area contributed by atoms with Gasteiger partial charge in [0.2, 0.25) is 0 Å². The Labute approximate surface area is 136 Å². The van der Waals surface area contributed by atoms with E-state index < -0.39 is 11.5 Å². The number of aliphatic hydroxyl groups is 1. The van der Waals surface area contributed by atoms with Crippen LogP contribution in [0.2, 0.25) is 0 Å². The standard InChI is InChI=1S/C17H21N5O/c18-14-17(16-4-1-2-7-19-16)5-10-21(11-6-17)12-15(23)13-22-9-3-8-20-22/h1-4,7-9,15,23H,5-6,10-13H2. The Hall–Kier alpha value is -2.23. The molecule has 0 amide bonds. The van der Waals surface area contributed by atoms with Gasteiger partial charge in [-0.05, 0) is 31.0 Å². The number of rotatable bonds is 5. The maximum absolute atomic E-state index is 10.2. The van der Waals surface area contributed by atoms with Gasteiger partial charge in [-0.3, -0.25) is 9.67 Å². The fourth-order valence-corrected chi connectivity index (χ4v) is 3.17. The Morgan fingerprint density at radius 2 is 2.04 bits per heavy atom. The van der Waals surface area contributed by atoms with Gasteiger partial charge < -0.3 is 10.0 Å². The first kappa shape index (κ1) is 15.7. The van der Waals surface area contributed by atoms with Crippen LogP contribution < -0.4 is 0 Å². The highest BCUT2D eigenvalue weighted by Crippen LogP contribution is 2.33. The van der Waals surface area contributed by atoms with Crippen molar-refractivity contribution < 1.29 is 5.11 Å². The average molecular weight is 311 g/mol. The highest BCUT2D eigenvalue weighted by Gasteiger charge is 2.37. The lowest BCUT2D eigenvalue weighted by atomic mass is 9.76. The van der Waals surface area contributed by atoms with Crippen LogP contribution in [-0.4, -0.2) is 50.5 Å². The lowest BCUT2D eigenvalue weighted by Gasteiger charge is -2.37. The summed E-state index contributed by atoms with van der Waals surface area (Å²) in [4.78, 5) is 6.59. The maximum Gasteiger partial charge on any atom is 0.102 e. The summed E-state index contributed by atoms with van der Waals surface area (Å²) in [7, 11) is 0. The fraction of sp³-hybridized carbons (Fsp3) is 0.471. The van der Waals surface area contributed by atoms with Crippen molar-refractivity contribution in [1.82, 2.24) is 19.7 Å². The number of pyridine rings is 1. The molecule has 23 heavy (non-hydrogen) atoms. The summed E-state index contributed by atoms with van der Waals surface area (Å²) in [5.41, 5.74) is 0.365. The van der Waals surface area contributed by atoms with Crippen LogP contribution in [0.1, 0.15) is 18.5 Å². The molecular weight excluding hydrogens is 290 g/mol. The van der Waals surface area contributed by atoms with Crippen molar-refractivity contribution in [2.24, 2.45) is 0 Å². The minimum Gasteiger partial charge on any atom is -0.390 e. The van der Waals surface area contributed by atoms with Crippen LogP contribution in [-0.2, 0) is 12.0 Å². The number of likely N-dealkylation sites (tertiary alicyclic amines) is 1. The smallest absolute Gasteiger partial charge is 0.102 e. The van der Waals surface area contributed by atoms with Gasteiger partial charge in [0.15, 0.2) is 0 Å². The molecule has 3 heterocycles. The van der Waals surface area contributed by atoms with Crippen LogP contribution in [0.3, 0.4) is 0 Å². The number of nitrogens with zero attached hydrogens (tertiary/aromatic N) is 5. The second kappa shape index (κ2) is 6.90. The zero-order chi connectivity index (χ0) is 16.1. The molecule has 2 aromatic rings. The largest absolute Gasteiger partial charge is 0.390 e. The lowest BCUT2D eigenvalue weighted by molar-refractivity contribution is 0.0758. The van der Waals surface area contributed by atoms with Gasteiger partial charge in [-0.2, -0.15) is 10.4 Å². The average Bonchev–Trinajstić information content (AvgIpc) is 3.09. The molecule has 1 aliphatic rings. The predicted octanol–water partition coefficient (Wildman–Crippen LogP) is 1.20. The molecule has 6 heteroatoms. The molecule has 0 spiro atoms. The van der Waals surface area contributed by atoms with Gasteiger partial charge >= 0.3 is 0 Å². The number of nitriles is 1. The first-order valence-electron chi connectivity index (χ1n) is 7.92. The molecule has 2 aromatic heterocycles. The number of piperidine rings is 1. The molecule has 120 valence electrons. The van der Waals surface area contributed by atoms with Gasteiger partial charge in [-0.15, -0.1) is 0 Å². The molecule has 6 nitrogen and oxygen atoms in total. The summed E-state index contributed by atoms with van der Waals surface area (Å²) in [5.74, 6) is 0. The molecule has 0 aromatic carbocycles. The first-order valence-corrected chi connectivity index (χ1v) is 7.92. The third-order valence-electron chi connectivity index (χ3n) is 4.50. The summed E-state index contributed by atoms with van der Waals surface area (Å²) in [5, 5.41) is 24.0. The van der Waals surface area contributed by atoms with Gasteiger partial charge in [0.1, 0.15) is 5.41 Å². The van der Waals surface area contributed by atoms with Crippen molar-refractivity contribution in [2.45, 2.75) is 30.9 Å². The van der Waals surface area contributed by atoms with Crippen molar-refractivity contribution in [3.8, 4) is 6.07 Å². The van der Waals surface area contributed by atoms with E-state index in [2.05, 4.69) is 21.1 Å². The number of hydrogen-bond donors (Lipinski definition) is 1. The molecule has 0 aliphatic carbocycles. The third kappa shape index (κ3) is 3.58. The van der Waals surface area contributed by atoms with E-state index in [0.717, 1.165) is 31.6 Å². The second-order valence-corrected chi connectivity index (χ2v) is 6.09. The normalized spacial score (nSPS) is 19.1. The quantitative estimate of drug-likeness (QED) is 0.897. The monoisotopic (exact) mass is 311 g/mol. The minimum absolute atomic E-state index is 0.459. The molecular formula is C17H21N5O. The van der Waals surface area contributed by atoms with Crippen LogP contribution in [0.25, 0.3) is 0 Å². The van der Waals surface area contributed by atoms with Gasteiger partial charge in [-0.25, -0.2) is 0 Å². The van der Waals surface area contributed by atoms with E-state index in [4.69, 9.17) is 0 Å². The van der Waals surface area contributed by atoms with Crippen molar-refractivity contribution >= 4 is 0 Å². The minimum atomic E-state index is -0.495. The zero-order valence-electron chi connectivity index (χ0n) is 13.0. The molecule has 0 bridgehead atoms. The summed E-state index contributed by atoms with van der Waals surface area (Å²) in [6.45, 7) is 2.68. The van der Waals surface area contributed by atoms with E-state index in [-0.39, 0.29) is 0 Å². The highest BCUT2D eigenvalue weighted by molar-refractivity contribution is 5.27. The van der Waals surface area contributed by atoms with Crippen molar-refractivity contribution in [3.05, 3.63) is 48.5 Å².